The second-order valence-corrected chi connectivity index (χ2v) is 3.27. The van der Waals surface area contributed by atoms with Gasteiger partial charge in [0.15, 0.2) is 0 Å². The minimum Gasteiger partial charge on any atom is -0.491 e. The fourth-order valence-corrected chi connectivity index (χ4v) is 1.14. The van der Waals surface area contributed by atoms with Crippen LogP contribution in [0.5, 0.6) is 5.75 Å². The number of halogens is 3. The maximum Gasteiger partial charge on any atom is 0.416 e. The Hall–Kier alpha value is -1.27. The van der Waals surface area contributed by atoms with Gasteiger partial charge in [-0.25, -0.2) is 0 Å². The van der Waals surface area contributed by atoms with E-state index in [0.717, 1.165) is 12.1 Å². The quantitative estimate of drug-likeness (QED) is 0.785. The summed E-state index contributed by atoms with van der Waals surface area (Å²) in [6.45, 7) is 1.51. The predicted molar refractivity (Wildman–Crippen MR) is 56.8 cm³/mol. The van der Waals surface area contributed by atoms with E-state index in [-0.39, 0.29) is 6.61 Å². The van der Waals surface area contributed by atoms with Crippen LogP contribution in [0.25, 0.3) is 0 Å². The summed E-state index contributed by atoms with van der Waals surface area (Å²) in [4.78, 5) is 0. The van der Waals surface area contributed by atoms with E-state index in [0.29, 0.717) is 25.5 Å². The van der Waals surface area contributed by atoms with E-state index >= 15 is 0 Å². The van der Waals surface area contributed by atoms with Crippen molar-refractivity contribution in [1.29, 1.82) is 0 Å². The number of nitrogens with two attached hydrogens (primary N) is 1. The molecule has 1 aromatic rings. The largest absolute Gasteiger partial charge is 0.491 e. The molecule has 96 valence electrons. The van der Waals surface area contributed by atoms with Crippen molar-refractivity contribution >= 4 is 0 Å². The Balaban J connectivity index is 2.36. The van der Waals surface area contributed by atoms with Crippen LogP contribution in [-0.4, -0.2) is 26.4 Å². The lowest BCUT2D eigenvalue weighted by Crippen LogP contribution is -2.13. The zero-order valence-corrected chi connectivity index (χ0v) is 9.17. The van der Waals surface area contributed by atoms with E-state index in [2.05, 4.69) is 0 Å². The highest BCUT2D eigenvalue weighted by molar-refractivity contribution is 5.28. The van der Waals surface area contributed by atoms with E-state index in [1.54, 1.807) is 0 Å². The van der Waals surface area contributed by atoms with Crippen LogP contribution >= 0.6 is 0 Å². The van der Waals surface area contributed by atoms with Crippen LogP contribution in [0.15, 0.2) is 24.3 Å². The molecule has 0 aliphatic rings. The molecular formula is C11H14F3NO2. The normalized spacial score (nSPS) is 11.5. The molecule has 0 aliphatic heterocycles. The van der Waals surface area contributed by atoms with Gasteiger partial charge >= 0.3 is 6.18 Å². The minimum atomic E-state index is -4.32. The molecule has 0 fully saturated rings. The van der Waals surface area contributed by atoms with Crippen molar-refractivity contribution < 1.29 is 22.6 Å². The molecule has 0 aliphatic carbocycles. The Morgan fingerprint density at radius 3 is 2.18 bits per heavy atom. The summed E-state index contributed by atoms with van der Waals surface area (Å²) in [5, 5.41) is 0. The molecule has 1 rings (SSSR count). The molecule has 0 saturated carbocycles. The van der Waals surface area contributed by atoms with Gasteiger partial charge in [0.25, 0.3) is 0 Å². The average molecular weight is 249 g/mol. The van der Waals surface area contributed by atoms with E-state index in [1.165, 1.54) is 12.1 Å². The third kappa shape index (κ3) is 5.06. The number of hydrogen-bond donors (Lipinski definition) is 1. The molecule has 0 saturated heterocycles. The molecule has 1 aromatic carbocycles. The summed E-state index contributed by atoms with van der Waals surface area (Å²) >= 11 is 0. The van der Waals surface area contributed by atoms with E-state index < -0.39 is 11.7 Å². The number of alkyl halides is 3. The summed E-state index contributed by atoms with van der Waals surface area (Å²) in [6.07, 6.45) is -4.32. The Labute approximate surface area is 97.3 Å². The van der Waals surface area contributed by atoms with Crippen LogP contribution in [0.2, 0.25) is 0 Å². The third-order valence-corrected chi connectivity index (χ3v) is 1.94. The molecule has 3 nitrogen and oxygen atoms in total. The first kappa shape index (κ1) is 13.8. The molecule has 6 heteroatoms. The summed E-state index contributed by atoms with van der Waals surface area (Å²) in [5.74, 6) is 0.384. The molecule has 0 atom stereocenters. The highest BCUT2D eigenvalue weighted by Gasteiger charge is 2.29. The lowest BCUT2D eigenvalue weighted by atomic mass is 10.2. The fourth-order valence-electron chi connectivity index (χ4n) is 1.14. The zero-order chi connectivity index (χ0) is 12.7. The predicted octanol–water partition coefficient (Wildman–Crippen LogP) is 2.06. The first-order chi connectivity index (χ1) is 8.04. The Morgan fingerprint density at radius 2 is 1.65 bits per heavy atom. The molecule has 0 bridgehead atoms. The first-order valence-electron chi connectivity index (χ1n) is 5.12. The second-order valence-electron chi connectivity index (χ2n) is 3.27. The van der Waals surface area contributed by atoms with Crippen molar-refractivity contribution in [2.45, 2.75) is 6.18 Å². The van der Waals surface area contributed by atoms with Gasteiger partial charge in [0.2, 0.25) is 0 Å². The standard InChI is InChI=1S/C11H14F3NO2/c12-11(13,14)9-1-3-10(4-2-9)17-8-7-16-6-5-15/h1-4H,5-8,15H2. The maximum atomic E-state index is 12.2. The van der Waals surface area contributed by atoms with Crippen molar-refractivity contribution in [2.75, 3.05) is 26.4 Å². The van der Waals surface area contributed by atoms with E-state index in [9.17, 15) is 13.2 Å². The van der Waals surface area contributed by atoms with Gasteiger partial charge in [-0.15, -0.1) is 0 Å². The fraction of sp³-hybridized carbons (Fsp3) is 0.455. The Kier molecular flexibility index (Phi) is 5.24. The maximum absolute atomic E-state index is 12.2. The molecule has 2 N–H and O–H groups in total. The summed E-state index contributed by atoms with van der Waals surface area (Å²) in [6, 6.07) is 4.53. The van der Waals surface area contributed by atoms with E-state index in [1.807, 2.05) is 0 Å². The van der Waals surface area contributed by atoms with Crippen LogP contribution in [0, 0.1) is 0 Å². The second kappa shape index (κ2) is 6.46. The summed E-state index contributed by atoms with van der Waals surface area (Å²) in [7, 11) is 0. The van der Waals surface area contributed by atoms with Crippen molar-refractivity contribution in [1.82, 2.24) is 0 Å². The highest BCUT2D eigenvalue weighted by atomic mass is 19.4. The smallest absolute Gasteiger partial charge is 0.416 e. The van der Waals surface area contributed by atoms with Gasteiger partial charge in [-0.1, -0.05) is 0 Å². The van der Waals surface area contributed by atoms with Crippen LogP contribution < -0.4 is 10.5 Å². The summed E-state index contributed by atoms with van der Waals surface area (Å²) < 4.78 is 47.0. The van der Waals surface area contributed by atoms with Gasteiger partial charge in [-0.2, -0.15) is 13.2 Å². The van der Waals surface area contributed by atoms with Crippen LogP contribution in [0.1, 0.15) is 5.56 Å². The molecule has 0 unspecified atom stereocenters. The van der Waals surface area contributed by atoms with Gasteiger partial charge in [0.1, 0.15) is 12.4 Å². The van der Waals surface area contributed by atoms with Gasteiger partial charge in [-0.05, 0) is 24.3 Å². The molecule has 0 radical (unpaired) electrons. The van der Waals surface area contributed by atoms with Crippen molar-refractivity contribution in [3.05, 3.63) is 29.8 Å². The topological polar surface area (TPSA) is 44.5 Å². The van der Waals surface area contributed by atoms with Crippen molar-refractivity contribution in [2.24, 2.45) is 5.73 Å². The minimum absolute atomic E-state index is 0.283. The van der Waals surface area contributed by atoms with E-state index in [4.69, 9.17) is 15.2 Å². The Morgan fingerprint density at radius 1 is 1.00 bits per heavy atom. The lowest BCUT2D eigenvalue weighted by Gasteiger charge is -2.09. The third-order valence-electron chi connectivity index (χ3n) is 1.94. The van der Waals surface area contributed by atoms with Gasteiger partial charge in [0, 0.05) is 6.54 Å². The van der Waals surface area contributed by atoms with Gasteiger partial charge in [0.05, 0.1) is 18.8 Å². The lowest BCUT2D eigenvalue weighted by molar-refractivity contribution is -0.137. The SMILES string of the molecule is NCCOCCOc1ccc(C(F)(F)F)cc1. The molecule has 0 amide bonds. The molecule has 0 spiro atoms. The highest BCUT2D eigenvalue weighted by Crippen LogP contribution is 2.30. The molecular weight excluding hydrogens is 235 g/mol. The number of rotatable bonds is 6. The van der Waals surface area contributed by atoms with Gasteiger partial charge < -0.3 is 15.2 Å². The molecule has 17 heavy (non-hydrogen) atoms. The average Bonchev–Trinajstić information content (AvgIpc) is 2.28. The van der Waals surface area contributed by atoms with Crippen LogP contribution in [0.4, 0.5) is 13.2 Å². The van der Waals surface area contributed by atoms with Crippen molar-refractivity contribution in [3.8, 4) is 5.75 Å². The van der Waals surface area contributed by atoms with Crippen molar-refractivity contribution in [3.63, 3.8) is 0 Å². The van der Waals surface area contributed by atoms with Crippen LogP contribution in [-0.2, 0) is 10.9 Å². The first-order valence-corrected chi connectivity index (χ1v) is 5.12. The number of benzene rings is 1. The monoisotopic (exact) mass is 249 g/mol. The number of hydrogen-bond acceptors (Lipinski definition) is 3. The zero-order valence-electron chi connectivity index (χ0n) is 9.17. The molecule has 0 aromatic heterocycles. The number of ether oxygens (including phenoxy) is 2. The van der Waals surface area contributed by atoms with Gasteiger partial charge in [-0.3, -0.25) is 0 Å². The summed E-state index contributed by atoms with van der Waals surface area (Å²) in [5.41, 5.74) is 4.52. The van der Waals surface area contributed by atoms with Crippen LogP contribution in [0.3, 0.4) is 0 Å². The Bertz CT molecular complexity index is 324. The molecule has 0 heterocycles.